The van der Waals surface area contributed by atoms with Crippen LogP contribution in [0, 0.1) is 0 Å². The van der Waals surface area contributed by atoms with E-state index in [0.717, 1.165) is 23.5 Å². The van der Waals surface area contributed by atoms with E-state index >= 15 is 0 Å². The molecular weight excluding hydrogens is 412 g/mol. The molecule has 0 aromatic heterocycles. The van der Waals surface area contributed by atoms with Crippen LogP contribution in [0.25, 0.3) is 12.2 Å². The van der Waals surface area contributed by atoms with Crippen molar-refractivity contribution in [2.75, 3.05) is 51.2 Å². The average molecular weight is 440 g/mol. The minimum Gasteiger partial charge on any atom is -0.488 e. The summed E-state index contributed by atoms with van der Waals surface area (Å²) in [4.78, 5) is 25.4. The van der Waals surface area contributed by atoms with Gasteiger partial charge in [0.15, 0.2) is 0 Å². The van der Waals surface area contributed by atoms with Crippen LogP contribution in [-0.2, 0) is 9.59 Å². The van der Waals surface area contributed by atoms with Gasteiger partial charge in [0.25, 0.3) is 0 Å². The van der Waals surface area contributed by atoms with E-state index < -0.39 is 11.9 Å². The highest BCUT2D eigenvalue weighted by molar-refractivity contribution is 5.86. The third-order valence-corrected chi connectivity index (χ3v) is 4.37. The summed E-state index contributed by atoms with van der Waals surface area (Å²) in [6.45, 7) is 0.518. The molecule has 0 saturated heterocycles. The largest absolute Gasteiger partial charge is 0.488 e. The average Bonchev–Trinajstić information content (AvgIpc) is 2.73. The molecule has 8 heteroatoms. The van der Waals surface area contributed by atoms with Gasteiger partial charge in [-0.15, -0.1) is 0 Å². The van der Waals surface area contributed by atoms with Gasteiger partial charge in [0, 0.05) is 40.3 Å². The molecule has 0 heterocycles. The summed E-state index contributed by atoms with van der Waals surface area (Å²) in [5.41, 5.74) is 3.13. The zero-order valence-electron chi connectivity index (χ0n) is 18.6. The zero-order chi connectivity index (χ0) is 23.7. The number of rotatable bonds is 11. The van der Waals surface area contributed by atoms with Crippen LogP contribution in [0.1, 0.15) is 11.1 Å². The summed E-state index contributed by atoms with van der Waals surface area (Å²) in [7, 11) is 7.58. The predicted molar refractivity (Wildman–Crippen MR) is 126 cm³/mol. The predicted octanol–water partition coefficient (Wildman–Crippen LogP) is 3.47. The second-order valence-corrected chi connectivity index (χ2v) is 7.28. The van der Waals surface area contributed by atoms with Crippen LogP contribution in [0.15, 0.2) is 48.6 Å². The molecule has 0 amide bonds. The van der Waals surface area contributed by atoms with Gasteiger partial charge in [-0.25, -0.2) is 9.59 Å². The number of ether oxygens (including phenoxy) is 2. The Morgan fingerprint density at radius 2 is 1.12 bits per heavy atom. The number of hydrogen-bond acceptors (Lipinski definition) is 6. The summed E-state index contributed by atoms with van der Waals surface area (Å²) in [6.07, 6.45) is 5.16. The Morgan fingerprint density at radius 1 is 0.750 bits per heavy atom. The zero-order valence-corrected chi connectivity index (χ0v) is 18.6. The summed E-state index contributed by atoms with van der Waals surface area (Å²) < 4.78 is 11.8. The fraction of sp³-hybridized carbons (Fsp3) is 0.250. The highest BCUT2D eigenvalue weighted by Gasteiger charge is 2.09. The van der Waals surface area contributed by atoms with Crippen molar-refractivity contribution in [3.8, 4) is 11.5 Å². The normalized spacial score (nSPS) is 11.0. The van der Waals surface area contributed by atoms with E-state index in [1.165, 1.54) is 12.2 Å². The van der Waals surface area contributed by atoms with E-state index in [2.05, 4.69) is 0 Å². The van der Waals surface area contributed by atoms with Crippen molar-refractivity contribution in [1.82, 2.24) is 0 Å². The fourth-order valence-electron chi connectivity index (χ4n) is 2.88. The van der Waals surface area contributed by atoms with Gasteiger partial charge in [-0.1, -0.05) is 12.1 Å². The van der Waals surface area contributed by atoms with Gasteiger partial charge in [-0.2, -0.15) is 0 Å². The third kappa shape index (κ3) is 7.39. The van der Waals surface area contributed by atoms with Crippen LogP contribution in [-0.4, -0.2) is 63.6 Å². The molecule has 0 saturated carbocycles. The molecule has 32 heavy (non-hydrogen) atoms. The van der Waals surface area contributed by atoms with Crippen LogP contribution in [0.2, 0.25) is 0 Å². The van der Waals surface area contributed by atoms with Gasteiger partial charge in [-0.05, 0) is 47.5 Å². The van der Waals surface area contributed by atoms with E-state index in [0.29, 0.717) is 22.6 Å². The molecule has 0 unspecified atom stereocenters. The van der Waals surface area contributed by atoms with E-state index in [9.17, 15) is 9.59 Å². The van der Waals surface area contributed by atoms with Crippen LogP contribution in [0.4, 0.5) is 11.4 Å². The first-order valence-electron chi connectivity index (χ1n) is 9.87. The molecule has 0 aliphatic carbocycles. The Hall–Kier alpha value is -3.94. The molecule has 0 bridgehead atoms. The van der Waals surface area contributed by atoms with E-state index in [1.54, 1.807) is 12.1 Å². The summed E-state index contributed by atoms with van der Waals surface area (Å²) in [5, 5.41) is 17.7. The van der Waals surface area contributed by atoms with E-state index in [1.807, 2.05) is 62.3 Å². The quantitative estimate of drug-likeness (QED) is 0.405. The number of anilines is 2. The Balaban J connectivity index is 2.12. The van der Waals surface area contributed by atoms with E-state index in [-0.39, 0.29) is 13.2 Å². The number of benzene rings is 2. The maximum Gasteiger partial charge on any atom is 0.328 e. The van der Waals surface area contributed by atoms with Crippen LogP contribution in [0.3, 0.4) is 0 Å². The molecular formula is C24H28N2O6. The lowest BCUT2D eigenvalue weighted by atomic mass is 10.1. The molecule has 170 valence electrons. The summed E-state index contributed by atoms with van der Waals surface area (Å²) in [5.74, 6) is -0.821. The molecule has 0 aliphatic heterocycles. The third-order valence-electron chi connectivity index (χ3n) is 4.37. The number of hydrogen-bond donors (Lipinski definition) is 2. The van der Waals surface area contributed by atoms with Crippen LogP contribution < -0.4 is 19.3 Å². The van der Waals surface area contributed by atoms with Crippen LogP contribution in [0.5, 0.6) is 11.5 Å². The second kappa shape index (κ2) is 11.5. The number of carboxylic acids is 2. The summed E-state index contributed by atoms with van der Waals surface area (Å²) in [6, 6.07) is 10.9. The van der Waals surface area contributed by atoms with Crippen molar-refractivity contribution in [3.05, 3.63) is 59.7 Å². The molecule has 2 aromatic carbocycles. The SMILES string of the molecule is CN(C)c1ccc(C=CC(=O)O)cc1OCCOc1cc(C=CC(=O)O)ccc1N(C)C. The Bertz CT molecular complexity index is 930. The van der Waals surface area contributed by atoms with Crippen molar-refractivity contribution in [2.24, 2.45) is 0 Å². The Kier molecular flexibility index (Phi) is 8.71. The number of carbonyl (C=O) groups is 2. The first-order chi connectivity index (χ1) is 15.2. The monoisotopic (exact) mass is 440 g/mol. The van der Waals surface area contributed by atoms with Crippen molar-refractivity contribution >= 4 is 35.5 Å². The lowest BCUT2D eigenvalue weighted by Gasteiger charge is -2.20. The topological polar surface area (TPSA) is 99.5 Å². The molecule has 2 rings (SSSR count). The molecule has 2 N–H and O–H groups in total. The van der Waals surface area contributed by atoms with Crippen LogP contribution >= 0.6 is 0 Å². The minimum atomic E-state index is -1.02. The first-order valence-corrected chi connectivity index (χ1v) is 9.87. The highest BCUT2D eigenvalue weighted by Crippen LogP contribution is 2.30. The van der Waals surface area contributed by atoms with Gasteiger partial charge in [0.2, 0.25) is 0 Å². The van der Waals surface area contributed by atoms with Crippen molar-refractivity contribution in [1.29, 1.82) is 0 Å². The molecule has 0 aliphatic rings. The molecule has 0 atom stereocenters. The number of aliphatic carboxylic acids is 2. The van der Waals surface area contributed by atoms with Gasteiger partial charge in [0.05, 0.1) is 11.4 Å². The second-order valence-electron chi connectivity index (χ2n) is 7.28. The van der Waals surface area contributed by atoms with Gasteiger partial charge in [0.1, 0.15) is 24.7 Å². The summed E-state index contributed by atoms with van der Waals surface area (Å²) >= 11 is 0. The molecule has 8 nitrogen and oxygen atoms in total. The van der Waals surface area contributed by atoms with Crippen molar-refractivity contribution < 1.29 is 29.3 Å². The smallest absolute Gasteiger partial charge is 0.328 e. The van der Waals surface area contributed by atoms with Gasteiger partial charge in [-0.3, -0.25) is 0 Å². The van der Waals surface area contributed by atoms with Crippen molar-refractivity contribution in [3.63, 3.8) is 0 Å². The highest BCUT2D eigenvalue weighted by atomic mass is 16.5. The van der Waals surface area contributed by atoms with Crippen molar-refractivity contribution in [2.45, 2.75) is 0 Å². The fourth-order valence-corrected chi connectivity index (χ4v) is 2.88. The number of carboxylic acid groups (broad SMARTS) is 2. The molecule has 2 aromatic rings. The minimum absolute atomic E-state index is 0.259. The lowest BCUT2D eigenvalue weighted by Crippen LogP contribution is -2.15. The maximum absolute atomic E-state index is 10.8. The molecule has 0 fully saturated rings. The Labute approximate surface area is 187 Å². The van der Waals surface area contributed by atoms with Gasteiger partial charge >= 0.3 is 11.9 Å². The Morgan fingerprint density at radius 3 is 1.44 bits per heavy atom. The first kappa shape index (κ1) is 24.3. The van der Waals surface area contributed by atoms with Gasteiger partial charge < -0.3 is 29.5 Å². The van der Waals surface area contributed by atoms with E-state index in [4.69, 9.17) is 19.7 Å². The standard InChI is InChI=1S/C24H28N2O6/c1-25(2)19-9-5-17(7-11-23(27)28)15-21(19)31-13-14-32-22-16-18(8-12-24(29)30)6-10-20(22)26(3)4/h5-12,15-16H,13-14H2,1-4H3,(H,27,28)(H,29,30). The number of nitrogens with zero attached hydrogens (tertiary/aromatic N) is 2. The molecule has 0 spiro atoms. The lowest BCUT2D eigenvalue weighted by molar-refractivity contribution is -0.132. The molecule has 0 radical (unpaired) electrons. The maximum atomic E-state index is 10.8.